The van der Waals surface area contributed by atoms with Gasteiger partial charge >= 0.3 is 0 Å². The van der Waals surface area contributed by atoms with Crippen LogP contribution in [0.5, 0.6) is 17.2 Å². The van der Waals surface area contributed by atoms with Crippen LogP contribution >= 0.6 is 0 Å². The second kappa shape index (κ2) is 8.08. The van der Waals surface area contributed by atoms with Gasteiger partial charge in [0.2, 0.25) is 0 Å². The van der Waals surface area contributed by atoms with Gasteiger partial charge in [0, 0.05) is 5.41 Å². The van der Waals surface area contributed by atoms with Gasteiger partial charge in [-0.05, 0) is 96.5 Å². The number of phenols is 3. The lowest BCUT2D eigenvalue weighted by Crippen LogP contribution is -2.25. The van der Waals surface area contributed by atoms with Crippen LogP contribution in [0, 0.1) is 20.8 Å². The minimum atomic E-state index is -0.486. The van der Waals surface area contributed by atoms with Crippen LogP contribution in [0.2, 0.25) is 0 Å². The topological polar surface area (TPSA) is 60.7 Å². The molecule has 0 fully saturated rings. The number of aryl methyl sites for hydroxylation is 3. The van der Waals surface area contributed by atoms with Gasteiger partial charge in [-0.1, -0.05) is 54.6 Å². The Morgan fingerprint density at radius 3 is 1.28 bits per heavy atom. The number of aromatic hydroxyl groups is 3. The Balaban J connectivity index is 1.87. The molecule has 4 rings (SSSR count). The molecule has 0 saturated heterocycles. The smallest absolute Gasteiger partial charge is 0.118 e. The molecule has 0 aromatic heterocycles. The summed E-state index contributed by atoms with van der Waals surface area (Å²) in [5.41, 5.74) is 7.35. The summed E-state index contributed by atoms with van der Waals surface area (Å²) in [5, 5.41) is 30.0. The molecule has 0 aliphatic carbocycles. The van der Waals surface area contributed by atoms with Gasteiger partial charge in [-0.2, -0.15) is 0 Å². The van der Waals surface area contributed by atoms with E-state index in [0.29, 0.717) is 5.75 Å². The maximum Gasteiger partial charge on any atom is 0.118 e. The van der Waals surface area contributed by atoms with Crippen LogP contribution < -0.4 is 0 Å². The molecule has 3 nitrogen and oxygen atoms in total. The lowest BCUT2D eigenvalue weighted by Gasteiger charge is -2.33. The monoisotopic (exact) mass is 424 g/mol. The fourth-order valence-electron chi connectivity index (χ4n) is 4.26. The number of rotatable bonds is 4. The highest BCUT2D eigenvalue weighted by Gasteiger charge is 2.32. The van der Waals surface area contributed by atoms with E-state index in [1.807, 2.05) is 57.2 Å². The molecule has 0 unspecified atom stereocenters. The third-order valence-corrected chi connectivity index (χ3v) is 6.54. The fourth-order valence-corrected chi connectivity index (χ4v) is 4.26. The molecule has 4 aromatic rings. The first-order valence-corrected chi connectivity index (χ1v) is 10.7. The molecule has 4 aromatic carbocycles. The van der Waals surface area contributed by atoms with E-state index in [-0.39, 0.29) is 11.5 Å². The first-order chi connectivity index (χ1) is 15.2. The first kappa shape index (κ1) is 21.5. The second-order valence-corrected chi connectivity index (χ2v) is 8.71. The van der Waals surface area contributed by atoms with Crippen LogP contribution in [0.3, 0.4) is 0 Å². The summed E-state index contributed by atoms with van der Waals surface area (Å²) >= 11 is 0. The van der Waals surface area contributed by atoms with E-state index in [0.717, 1.165) is 44.5 Å². The Morgan fingerprint density at radius 2 is 0.844 bits per heavy atom. The molecule has 0 heterocycles. The predicted molar refractivity (Wildman–Crippen MR) is 130 cm³/mol. The summed E-state index contributed by atoms with van der Waals surface area (Å²) < 4.78 is 0. The lowest BCUT2D eigenvalue weighted by molar-refractivity contribution is 0.469. The molecule has 3 N–H and O–H groups in total. The van der Waals surface area contributed by atoms with Crippen LogP contribution in [0.25, 0.3) is 11.1 Å². The second-order valence-electron chi connectivity index (χ2n) is 8.71. The minimum Gasteiger partial charge on any atom is -0.508 e. The van der Waals surface area contributed by atoms with Gasteiger partial charge in [-0.25, -0.2) is 0 Å². The molecule has 0 aliphatic heterocycles. The van der Waals surface area contributed by atoms with E-state index in [1.54, 1.807) is 18.2 Å². The van der Waals surface area contributed by atoms with E-state index < -0.39 is 5.41 Å². The van der Waals surface area contributed by atoms with E-state index in [2.05, 4.69) is 31.2 Å². The third-order valence-electron chi connectivity index (χ3n) is 6.54. The van der Waals surface area contributed by atoms with Crippen molar-refractivity contribution < 1.29 is 15.3 Å². The SMILES string of the molecule is Cc1cc(-c2ccc(C(C)(c3ccc(O)c(C)c3)c3ccc(O)c(C)c3)cc2)ccc1O. The van der Waals surface area contributed by atoms with Gasteiger partial charge in [-0.15, -0.1) is 0 Å². The molecule has 0 amide bonds. The standard InChI is InChI=1S/C29H28O3/c1-18-15-22(7-12-26(18)30)21-5-8-23(9-6-21)29(4,24-10-13-27(31)19(2)16-24)25-11-14-28(32)20(3)17-25/h5-17,30-32H,1-4H3. The molecule has 0 atom stereocenters. The summed E-state index contributed by atoms with van der Waals surface area (Å²) in [6.07, 6.45) is 0. The first-order valence-electron chi connectivity index (χ1n) is 10.7. The summed E-state index contributed by atoms with van der Waals surface area (Å²) in [6.45, 7) is 7.87. The normalized spacial score (nSPS) is 11.5. The van der Waals surface area contributed by atoms with E-state index in [1.165, 1.54) is 0 Å². The Bertz CT molecular complexity index is 1240. The highest BCUT2D eigenvalue weighted by molar-refractivity contribution is 5.67. The molecule has 162 valence electrons. The highest BCUT2D eigenvalue weighted by Crippen LogP contribution is 2.42. The van der Waals surface area contributed by atoms with E-state index in [4.69, 9.17) is 0 Å². The largest absolute Gasteiger partial charge is 0.508 e. The Kier molecular flexibility index (Phi) is 5.43. The van der Waals surface area contributed by atoms with Crippen molar-refractivity contribution in [2.24, 2.45) is 0 Å². The summed E-state index contributed by atoms with van der Waals surface area (Å²) in [7, 11) is 0. The van der Waals surface area contributed by atoms with Crippen LogP contribution in [-0.4, -0.2) is 15.3 Å². The number of phenolic OH excluding ortho intramolecular Hbond substituents is 3. The zero-order valence-corrected chi connectivity index (χ0v) is 18.8. The zero-order chi connectivity index (χ0) is 23.0. The van der Waals surface area contributed by atoms with Gasteiger partial charge in [-0.3, -0.25) is 0 Å². The van der Waals surface area contributed by atoms with Gasteiger partial charge < -0.3 is 15.3 Å². The van der Waals surface area contributed by atoms with Crippen molar-refractivity contribution in [3.05, 3.63) is 112 Å². The van der Waals surface area contributed by atoms with Crippen LogP contribution in [-0.2, 0) is 5.41 Å². The predicted octanol–water partition coefficient (Wildman–Crippen LogP) is 6.75. The number of benzene rings is 4. The fraction of sp³-hybridized carbons (Fsp3) is 0.172. The molecule has 32 heavy (non-hydrogen) atoms. The van der Waals surface area contributed by atoms with Gasteiger partial charge in [0.1, 0.15) is 17.2 Å². The maximum atomic E-state index is 10.1. The van der Waals surface area contributed by atoms with Crippen molar-refractivity contribution in [3.8, 4) is 28.4 Å². The van der Waals surface area contributed by atoms with Crippen molar-refractivity contribution in [2.45, 2.75) is 33.1 Å². The molecule has 0 spiro atoms. The zero-order valence-electron chi connectivity index (χ0n) is 18.8. The summed E-state index contributed by atoms with van der Waals surface area (Å²) in [4.78, 5) is 0. The van der Waals surface area contributed by atoms with Crippen molar-refractivity contribution in [1.82, 2.24) is 0 Å². The summed E-state index contributed by atoms with van der Waals surface area (Å²) in [6, 6.07) is 25.5. The highest BCUT2D eigenvalue weighted by atomic mass is 16.3. The third kappa shape index (κ3) is 3.71. The van der Waals surface area contributed by atoms with Crippen molar-refractivity contribution in [2.75, 3.05) is 0 Å². The lowest BCUT2D eigenvalue weighted by atomic mass is 9.70. The Morgan fingerprint density at radius 1 is 0.469 bits per heavy atom. The number of hydrogen-bond donors (Lipinski definition) is 3. The molecular formula is C29H28O3. The molecule has 0 saturated carbocycles. The van der Waals surface area contributed by atoms with Gasteiger partial charge in [0.15, 0.2) is 0 Å². The maximum absolute atomic E-state index is 10.1. The van der Waals surface area contributed by atoms with Gasteiger partial charge in [0.25, 0.3) is 0 Å². The quantitative estimate of drug-likeness (QED) is 0.318. The minimum absolute atomic E-state index is 0.274. The van der Waals surface area contributed by atoms with E-state index in [9.17, 15) is 15.3 Å². The molecule has 0 bridgehead atoms. The molecular weight excluding hydrogens is 396 g/mol. The molecule has 3 heteroatoms. The van der Waals surface area contributed by atoms with E-state index >= 15 is 0 Å². The van der Waals surface area contributed by atoms with Crippen molar-refractivity contribution in [3.63, 3.8) is 0 Å². The van der Waals surface area contributed by atoms with Crippen LogP contribution in [0.15, 0.2) is 78.9 Å². The Hall–Kier alpha value is -3.72. The van der Waals surface area contributed by atoms with Crippen LogP contribution in [0.4, 0.5) is 0 Å². The van der Waals surface area contributed by atoms with Crippen molar-refractivity contribution >= 4 is 0 Å². The Labute approximate surface area is 189 Å². The average molecular weight is 425 g/mol. The molecule has 0 radical (unpaired) electrons. The van der Waals surface area contributed by atoms with Gasteiger partial charge in [0.05, 0.1) is 0 Å². The van der Waals surface area contributed by atoms with Crippen LogP contribution in [0.1, 0.15) is 40.3 Å². The van der Waals surface area contributed by atoms with Crippen molar-refractivity contribution in [1.29, 1.82) is 0 Å². The molecule has 0 aliphatic rings. The summed E-state index contributed by atoms with van der Waals surface area (Å²) in [5.74, 6) is 0.843. The number of hydrogen-bond acceptors (Lipinski definition) is 3. The average Bonchev–Trinajstić information content (AvgIpc) is 2.79.